The Balaban J connectivity index is 1.59. The summed E-state index contributed by atoms with van der Waals surface area (Å²) in [7, 11) is 1.57. The van der Waals surface area contributed by atoms with Gasteiger partial charge in [0.05, 0.1) is 12.8 Å². The molecule has 0 bridgehead atoms. The summed E-state index contributed by atoms with van der Waals surface area (Å²) < 4.78 is 10.8. The van der Waals surface area contributed by atoms with Crippen LogP contribution in [0.5, 0.6) is 11.5 Å². The maximum absolute atomic E-state index is 12.2. The number of thiazole rings is 1. The molecule has 0 aliphatic carbocycles. The van der Waals surface area contributed by atoms with Crippen LogP contribution in [0, 0.1) is 6.92 Å². The van der Waals surface area contributed by atoms with E-state index in [1.807, 2.05) is 42.8 Å². The largest absolute Gasteiger partial charge is 0.493 e. The Morgan fingerprint density at radius 1 is 1.19 bits per heavy atom. The average molecular weight is 401 g/mol. The summed E-state index contributed by atoms with van der Waals surface area (Å²) in [6, 6.07) is 13.7. The summed E-state index contributed by atoms with van der Waals surface area (Å²) in [5.41, 5.74) is 2.92. The van der Waals surface area contributed by atoms with Gasteiger partial charge >= 0.3 is 0 Å². The number of aryl methyl sites for hydroxylation is 1. The molecule has 3 aromatic rings. The van der Waals surface area contributed by atoms with E-state index in [1.54, 1.807) is 24.9 Å². The molecule has 0 fully saturated rings. The standard InChI is InChI=1S/C20H20N2O3S2/c1-13-4-9-17(18(10-13)24-2)25-11-19(23)22-20-21-16(12-27-20)14-5-7-15(26-3)8-6-14/h4-10,12H,11H2,1-3H3,(H,21,22,23). The van der Waals surface area contributed by atoms with Crippen molar-refractivity contribution in [2.24, 2.45) is 0 Å². The fraction of sp³-hybridized carbons (Fsp3) is 0.200. The summed E-state index contributed by atoms with van der Waals surface area (Å²) in [6.45, 7) is 1.85. The summed E-state index contributed by atoms with van der Waals surface area (Å²) in [6.07, 6.45) is 2.04. The second kappa shape index (κ2) is 8.92. The van der Waals surface area contributed by atoms with Crippen molar-refractivity contribution in [3.05, 3.63) is 53.4 Å². The third kappa shape index (κ3) is 5.02. The predicted octanol–water partition coefficient (Wildman–Crippen LogP) is 4.87. The molecule has 5 nitrogen and oxygen atoms in total. The third-order valence-corrected chi connectivity index (χ3v) is 5.32. The minimum atomic E-state index is -0.267. The number of ether oxygens (including phenoxy) is 2. The number of hydrogen-bond acceptors (Lipinski definition) is 6. The summed E-state index contributed by atoms with van der Waals surface area (Å²) >= 11 is 3.08. The van der Waals surface area contributed by atoms with Crippen LogP contribution in [0.15, 0.2) is 52.7 Å². The van der Waals surface area contributed by atoms with E-state index in [0.717, 1.165) is 16.8 Å². The van der Waals surface area contributed by atoms with Crippen LogP contribution in [-0.4, -0.2) is 30.9 Å². The van der Waals surface area contributed by atoms with Gasteiger partial charge < -0.3 is 9.47 Å². The van der Waals surface area contributed by atoms with E-state index in [4.69, 9.17) is 9.47 Å². The minimum Gasteiger partial charge on any atom is -0.493 e. The van der Waals surface area contributed by atoms with Crippen molar-refractivity contribution in [1.29, 1.82) is 0 Å². The van der Waals surface area contributed by atoms with E-state index in [1.165, 1.54) is 16.2 Å². The second-order valence-electron chi connectivity index (χ2n) is 5.76. The van der Waals surface area contributed by atoms with Crippen LogP contribution >= 0.6 is 23.1 Å². The van der Waals surface area contributed by atoms with Crippen molar-refractivity contribution in [1.82, 2.24) is 4.98 Å². The molecule has 0 saturated heterocycles. The number of carbonyl (C=O) groups is 1. The number of methoxy groups -OCH3 is 1. The number of aromatic nitrogens is 1. The molecule has 0 saturated carbocycles. The molecule has 0 unspecified atom stereocenters. The Labute approximate surface area is 166 Å². The predicted molar refractivity (Wildman–Crippen MR) is 111 cm³/mol. The lowest BCUT2D eigenvalue weighted by molar-refractivity contribution is -0.118. The first-order valence-electron chi connectivity index (χ1n) is 8.26. The Morgan fingerprint density at radius 2 is 1.96 bits per heavy atom. The number of carbonyl (C=O) groups excluding carboxylic acids is 1. The Kier molecular flexibility index (Phi) is 6.36. The number of thioether (sulfide) groups is 1. The van der Waals surface area contributed by atoms with Crippen LogP contribution in [0.3, 0.4) is 0 Å². The molecular formula is C20H20N2O3S2. The lowest BCUT2D eigenvalue weighted by Gasteiger charge is -2.10. The van der Waals surface area contributed by atoms with Gasteiger partial charge in [-0.25, -0.2) is 4.98 Å². The van der Waals surface area contributed by atoms with Crippen LogP contribution in [0.1, 0.15) is 5.56 Å². The first kappa shape index (κ1) is 19.3. The number of nitrogens with zero attached hydrogens (tertiary/aromatic N) is 1. The number of rotatable bonds is 7. The van der Waals surface area contributed by atoms with Crippen LogP contribution in [0.4, 0.5) is 5.13 Å². The summed E-state index contributed by atoms with van der Waals surface area (Å²) in [4.78, 5) is 17.8. The molecule has 27 heavy (non-hydrogen) atoms. The van der Waals surface area contributed by atoms with Gasteiger partial charge in [-0.3, -0.25) is 10.1 Å². The van der Waals surface area contributed by atoms with Gasteiger partial charge in [0, 0.05) is 15.8 Å². The molecule has 0 radical (unpaired) electrons. The van der Waals surface area contributed by atoms with E-state index in [0.29, 0.717) is 16.6 Å². The quantitative estimate of drug-likeness (QED) is 0.574. The fourth-order valence-electron chi connectivity index (χ4n) is 2.42. The first-order valence-corrected chi connectivity index (χ1v) is 10.4. The van der Waals surface area contributed by atoms with Gasteiger partial charge in [-0.2, -0.15) is 0 Å². The van der Waals surface area contributed by atoms with Crippen molar-refractivity contribution >= 4 is 34.1 Å². The van der Waals surface area contributed by atoms with Gasteiger partial charge in [0.15, 0.2) is 23.2 Å². The van der Waals surface area contributed by atoms with Crippen LogP contribution < -0.4 is 14.8 Å². The number of anilines is 1. The van der Waals surface area contributed by atoms with Gasteiger partial charge in [-0.15, -0.1) is 23.1 Å². The molecule has 2 aromatic carbocycles. The first-order chi connectivity index (χ1) is 13.1. The SMILES string of the molecule is COc1cc(C)ccc1OCC(=O)Nc1nc(-c2ccc(SC)cc2)cs1. The van der Waals surface area contributed by atoms with Gasteiger partial charge in [0.25, 0.3) is 5.91 Å². The normalized spacial score (nSPS) is 10.5. The number of hydrogen-bond donors (Lipinski definition) is 1. The molecule has 140 valence electrons. The smallest absolute Gasteiger partial charge is 0.264 e. The van der Waals surface area contributed by atoms with Crippen LogP contribution in [-0.2, 0) is 4.79 Å². The zero-order valence-corrected chi connectivity index (χ0v) is 16.9. The zero-order valence-electron chi connectivity index (χ0n) is 15.3. The maximum atomic E-state index is 12.2. The Bertz CT molecular complexity index is 923. The van der Waals surface area contributed by atoms with E-state index in [-0.39, 0.29) is 12.5 Å². The molecule has 0 aliphatic heterocycles. The molecule has 0 spiro atoms. The Morgan fingerprint density at radius 3 is 2.67 bits per heavy atom. The third-order valence-electron chi connectivity index (χ3n) is 3.81. The van der Waals surface area contributed by atoms with Crippen LogP contribution in [0.2, 0.25) is 0 Å². The Hall–Kier alpha value is -2.51. The van der Waals surface area contributed by atoms with Crippen molar-refractivity contribution in [2.75, 3.05) is 25.3 Å². The summed E-state index contributed by atoms with van der Waals surface area (Å²) in [5, 5.41) is 5.24. The highest BCUT2D eigenvalue weighted by atomic mass is 32.2. The van der Waals surface area contributed by atoms with Gasteiger partial charge in [0.2, 0.25) is 0 Å². The molecule has 1 N–H and O–H groups in total. The maximum Gasteiger partial charge on any atom is 0.264 e. The molecule has 1 amide bonds. The zero-order chi connectivity index (χ0) is 19.2. The lowest BCUT2D eigenvalue weighted by atomic mass is 10.2. The highest BCUT2D eigenvalue weighted by molar-refractivity contribution is 7.98. The van der Waals surface area contributed by atoms with Crippen LogP contribution in [0.25, 0.3) is 11.3 Å². The molecule has 0 aliphatic rings. The summed E-state index contributed by atoms with van der Waals surface area (Å²) in [5.74, 6) is 0.872. The lowest BCUT2D eigenvalue weighted by Crippen LogP contribution is -2.20. The molecule has 1 aromatic heterocycles. The van der Waals surface area contributed by atoms with E-state index in [9.17, 15) is 4.79 Å². The number of nitrogens with one attached hydrogen (secondary N) is 1. The van der Waals surface area contributed by atoms with E-state index >= 15 is 0 Å². The van der Waals surface area contributed by atoms with E-state index < -0.39 is 0 Å². The van der Waals surface area contributed by atoms with Crippen molar-refractivity contribution in [3.8, 4) is 22.8 Å². The molecule has 1 heterocycles. The highest BCUT2D eigenvalue weighted by Gasteiger charge is 2.11. The van der Waals surface area contributed by atoms with Crippen molar-refractivity contribution in [2.45, 2.75) is 11.8 Å². The molecule has 7 heteroatoms. The molecule has 0 atom stereocenters. The average Bonchev–Trinajstić information content (AvgIpc) is 3.15. The fourth-order valence-corrected chi connectivity index (χ4v) is 3.56. The number of amides is 1. The second-order valence-corrected chi connectivity index (χ2v) is 7.50. The number of benzene rings is 2. The van der Waals surface area contributed by atoms with Gasteiger partial charge in [0.1, 0.15) is 0 Å². The van der Waals surface area contributed by atoms with Crippen molar-refractivity contribution < 1.29 is 14.3 Å². The topological polar surface area (TPSA) is 60.5 Å². The van der Waals surface area contributed by atoms with E-state index in [2.05, 4.69) is 22.4 Å². The monoisotopic (exact) mass is 400 g/mol. The highest BCUT2D eigenvalue weighted by Crippen LogP contribution is 2.28. The molecule has 3 rings (SSSR count). The van der Waals surface area contributed by atoms with Gasteiger partial charge in [-0.05, 0) is 43.0 Å². The minimum absolute atomic E-state index is 0.114. The van der Waals surface area contributed by atoms with Gasteiger partial charge in [-0.1, -0.05) is 18.2 Å². The molecular weight excluding hydrogens is 380 g/mol. The van der Waals surface area contributed by atoms with Crippen molar-refractivity contribution in [3.63, 3.8) is 0 Å².